The molecule has 1 fully saturated rings. The predicted molar refractivity (Wildman–Crippen MR) is 134 cm³/mol. The summed E-state index contributed by atoms with van der Waals surface area (Å²) in [6.45, 7) is 4.61. The number of carbonyl (C=O) groups excluding carboxylic acids is 1. The van der Waals surface area contributed by atoms with Crippen LogP contribution in [-0.2, 0) is 4.79 Å². The highest BCUT2D eigenvalue weighted by atomic mass is 35.5. The maximum absolute atomic E-state index is 13.6. The van der Waals surface area contributed by atoms with E-state index in [-0.39, 0.29) is 17.6 Å². The summed E-state index contributed by atoms with van der Waals surface area (Å²) in [6, 6.07) is 14.0. The van der Waals surface area contributed by atoms with Crippen molar-refractivity contribution in [3.63, 3.8) is 0 Å². The summed E-state index contributed by atoms with van der Waals surface area (Å²) in [4.78, 5) is 31.6. The van der Waals surface area contributed by atoms with Crippen LogP contribution in [-0.4, -0.2) is 45.1 Å². The van der Waals surface area contributed by atoms with Crippen LogP contribution in [0, 0.1) is 0 Å². The molecule has 2 aromatic heterocycles. The highest BCUT2D eigenvalue weighted by Gasteiger charge is 2.29. The minimum Gasteiger partial charge on any atom is -0.497 e. The van der Waals surface area contributed by atoms with Gasteiger partial charge >= 0.3 is 5.69 Å². The van der Waals surface area contributed by atoms with E-state index in [1.54, 1.807) is 63.9 Å². The number of hydrogen-bond donors (Lipinski definition) is 0. The van der Waals surface area contributed by atoms with Crippen LogP contribution < -0.4 is 15.2 Å². The first-order valence-electron chi connectivity index (χ1n) is 11.1. The van der Waals surface area contributed by atoms with E-state index in [9.17, 15) is 9.59 Å². The lowest BCUT2D eigenvalue weighted by Gasteiger charge is -2.15. The molecule has 0 aliphatic carbocycles. The maximum atomic E-state index is 13.6. The summed E-state index contributed by atoms with van der Waals surface area (Å²) in [5, 5.41) is 0.503. The Morgan fingerprint density at radius 3 is 2.63 bits per heavy atom. The third-order valence-electron chi connectivity index (χ3n) is 6.10. The van der Waals surface area contributed by atoms with Crippen LogP contribution in [0.1, 0.15) is 12.5 Å². The summed E-state index contributed by atoms with van der Waals surface area (Å²) < 4.78 is 14.6. The number of ether oxygens (including phenoxy) is 2. The molecule has 0 N–H and O–H groups in total. The van der Waals surface area contributed by atoms with Crippen LogP contribution in [0.15, 0.2) is 78.4 Å². The number of pyridine rings is 1. The van der Waals surface area contributed by atoms with Crippen molar-refractivity contribution in [2.24, 2.45) is 0 Å². The largest absolute Gasteiger partial charge is 0.497 e. The van der Waals surface area contributed by atoms with Crippen molar-refractivity contribution in [1.82, 2.24) is 19.0 Å². The van der Waals surface area contributed by atoms with Crippen molar-refractivity contribution in [2.75, 3.05) is 20.2 Å². The van der Waals surface area contributed by atoms with Gasteiger partial charge in [-0.2, -0.15) is 0 Å². The molecule has 1 amide bonds. The van der Waals surface area contributed by atoms with E-state index >= 15 is 0 Å². The molecule has 178 valence electrons. The van der Waals surface area contributed by atoms with E-state index in [1.165, 1.54) is 6.08 Å². The molecule has 0 radical (unpaired) electrons. The van der Waals surface area contributed by atoms with E-state index in [2.05, 4.69) is 11.6 Å². The van der Waals surface area contributed by atoms with Gasteiger partial charge in [0.1, 0.15) is 17.2 Å². The van der Waals surface area contributed by atoms with Crippen LogP contribution in [0.3, 0.4) is 0 Å². The third kappa shape index (κ3) is 4.28. The standard InChI is InChI=1S/C26H23ClN4O4/c1-3-25(32)29-11-9-19(16-29)31-23-8-10-28-15-24(23)30(26(31)33)18-4-6-20(7-5-18)35-22-13-17(27)12-21(14-22)34-2/h3-8,10,12-15,19H,1,9,11,16H2,2H3/t19-/m1/s1. The Labute approximate surface area is 206 Å². The highest BCUT2D eigenvalue weighted by Crippen LogP contribution is 2.31. The second-order valence-corrected chi connectivity index (χ2v) is 8.64. The van der Waals surface area contributed by atoms with Gasteiger partial charge in [-0.1, -0.05) is 18.2 Å². The van der Waals surface area contributed by atoms with E-state index in [4.69, 9.17) is 21.1 Å². The molecule has 8 nitrogen and oxygen atoms in total. The van der Waals surface area contributed by atoms with Crippen molar-refractivity contribution < 1.29 is 14.3 Å². The number of carbonyl (C=O) groups is 1. The monoisotopic (exact) mass is 490 g/mol. The number of hydrogen-bond acceptors (Lipinski definition) is 5. The van der Waals surface area contributed by atoms with Crippen molar-refractivity contribution >= 4 is 28.5 Å². The van der Waals surface area contributed by atoms with Gasteiger partial charge in [0.15, 0.2) is 0 Å². The quantitative estimate of drug-likeness (QED) is 0.369. The molecule has 3 heterocycles. The van der Waals surface area contributed by atoms with Crippen LogP contribution in [0.5, 0.6) is 17.2 Å². The van der Waals surface area contributed by atoms with Crippen LogP contribution >= 0.6 is 11.6 Å². The average Bonchev–Trinajstić information content (AvgIpc) is 3.46. The average molecular weight is 491 g/mol. The third-order valence-corrected chi connectivity index (χ3v) is 6.32. The van der Waals surface area contributed by atoms with Crippen LogP contribution in [0.25, 0.3) is 16.7 Å². The normalized spacial score (nSPS) is 15.4. The first-order valence-corrected chi connectivity index (χ1v) is 11.5. The number of aromatic nitrogens is 3. The fraction of sp³-hybridized carbons (Fsp3) is 0.192. The van der Waals surface area contributed by atoms with Crippen molar-refractivity contribution in [3.8, 4) is 22.9 Å². The summed E-state index contributed by atoms with van der Waals surface area (Å²) in [5.74, 6) is 1.59. The number of halogens is 1. The number of likely N-dealkylation sites (tertiary alicyclic amines) is 1. The number of rotatable bonds is 6. The molecule has 1 atom stereocenters. The molecule has 0 unspecified atom stereocenters. The summed E-state index contributed by atoms with van der Waals surface area (Å²) in [7, 11) is 1.56. The number of methoxy groups -OCH3 is 1. The van der Waals surface area contributed by atoms with E-state index in [0.717, 1.165) is 5.52 Å². The maximum Gasteiger partial charge on any atom is 0.334 e. The van der Waals surface area contributed by atoms with E-state index < -0.39 is 0 Å². The molecular formula is C26H23ClN4O4. The minimum absolute atomic E-state index is 0.126. The zero-order valence-electron chi connectivity index (χ0n) is 19.1. The number of benzene rings is 2. The molecule has 9 heteroatoms. The summed E-state index contributed by atoms with van der Waals surface area (Å²) in [5.41, 5.74) is 1.97. The molecular weight excluding hydrogens is 468 g/mol. The molecule has 2 aromatic carbocycles. The molecule has 4 aromatic rings. The van der Waals surface area contributed by atoms with Crippen LogP contribution in [0.2, 0.25) is 5.02 Å². The lowest BCUT2D eigenvalue weighted by Crippen LogP contribution is -2.31. The van der Waals surface area contributed by atoms with Gasteiger partial charge in [-0.3, -0.25) is 18.9 Å². The SMILES string of the molecule is C=CC(=O)N1CC[C@@H](n2c(=O)n(-c3ccc(Oc4cc(Cl)cc(OC)c4)cc3)c3cnccc32)C1. The number of fused-ring (bicyclic) bond motifs is 1. The van der Waals surface area contributed by atoms with Gasteiger partial charge in [0.2, 0.25) is 5.91 Å². The summed E-state index contributed by atoms with van der Waals surface area (Å²) in [6.07, 6.45) is 5.34. The Morgan fingerprint density at radius 1 is 1.11 bits per heavy atom. The Balaban J connectivity index is 1.48. The Hall–Kier alpha value is -4.04. The van der Waals surface area contributed by atoms with Gasteiger partial charge in [-0.25, -0.2) is 4.79 Å². The predicted octanol–water partition coefficient (Wildman–Crippen LogP) is 4.60. The highest BCUT2D eigenvalue weighted by molar-refractivity contribution is 6.30. The number of nitrogens with zero attached hydrogens (tertiary/aromatic N) is 4. The molecule has 0 bridgehead atoms. The Morgan fingerprint density at radius 2 is 1.89 bits per heavy atom. The first kappa shape index (κ1) is 22.7. The fourth-order valence-corrected chi connectivity index (χ4v) is 4.68. The van der Waals surface area contributed by atoms with Crippen molar-refractivity contribution in [1.29, 1.82) is 0 Å². The Bertz CT molecular complexity index is 1480. The topological polar surface area (TPSA) is 78.6 Å². The Kier molecular flexibility index (Phi) is 6.05. The molecule has 0 spiro atoms. The smallest absolute Gasteiger partial charge is 0.334 e. The van der Waals surface area contributed by atoms with Gasteiger partial charge in [-0.15, -0.1) is 0 Å². The van der Waals surface area contributed by atoms with Gasteiger partial charge < -0.3 is 14.4 Å². The zero-order chi connectivity index (χ0) is 24.5. The molecule has 1 aliphatic heterocycles. The lowest BCUT2D eigenvalue weighted by atomic mass is 10.2. The molecule has 1 saturated heterocycles. The second kappa shape index (κ2) is 9.31. The number of imidazole rings is 1. The van der Waals surface area contributed by atoms with Crippen molar-refractivity contribution in [3.05, 3.63) is 89.1 Å². The van der Waals surface area contributed by atoms with Gasteiger partial charge in [0.05, 0.1) is 36.1 Å². The van der Waals surface area contributed by atoms with Crippen LogP contribution in [0.4, 0.5) is 0 Å². The van der Waals surface area contributed by atoms with Crippen molar-refractivity contribution in [2.45, 2.75) is 12.5 Å². The molecule has 0 saturated carbocycles. The molecule has 5 rings (SSSR count). The molecule has 35 heavy (non-hydrogen) atoms. The number of amides is 1. The summed E-state index contributed by atoms with van der Waals surface area (Å²) >= 11 is 6.13. The zero-order valence-corrected chi connectivity index (χ0v) is 19.8. The molecule has 1 aliphatic rings. The first-order chi connectivity index (χ1) is 17.0. The second-order valence-electron chi connectivity index (χ2n) is 8.21. The lowest BCUT2D eigenvalue weighted by molar-refractivity contribution is -0.125. The van der Waals surface area contributed by atoms with E-state index in [1.807, 2.05) is 18.2 Å². The van der Waals surface area contributed by atoms with Gasteiger partial charge in [-0.05, 0) is 55.0 Å². The fourth-order valence-electron chi connectivity index (χ4n) is 4.47. The van der Waals surface area contributed by atoms with Gasteiger partial charge in [0.25, 0.3) is 0 Å². The minimum atomic E-state index is -0.181. The van der Waals surface area contributed by atoms with E-state index in [0.29, 0.717) is 53.0 Å². The van der Waals surface area contributed by atoms with Gasteiger partial charge in [0, 0.05) is 30.4 Å².